The van der Waals surface area contributed by atoms with Gasteiger partial charge in [-0.05, 0) is 51.3 Å². The Morgan fingerprint density at radius 2 is 1.77 bits per heavy atom. The van der Waals surface area contributed by atoms with Crippen molar-refractivity contribution in [3.05, 3.63) is 28.8 Å². The second kappa shape index (κ2) is 8.56. The number of methoxy groups -OCH3 is 1. The Bertz CT molecular complexity index is 968. The van der Waals surface area contributed by atoms with Gasteiger partial charge < -0.3 is 18.6 Å². The first-order chi connectivity index (χ1) is 14.1. The van der Waals surface area contributed by atoms with E-state index >= 15 is 0 Å². The van der Waals surface area contributed by atoms with E-state index in [-0.39, 0.29) is 23.6 Å². The van der Waals surface area contributed by atoms with Crippen LogP contribution in [0.5, 0.6) is 5.75 Å². The van der Waals surface area contributed by atoms with Crippen LogP contribution in [0.15, 0.2) is 12.1 Å². The number of carbonyl (C=O) groups is 2. The molecule has 1 heterocycles. The first-order valence-electron chi connectivity index (χ1n) is 9.27. The molecule has 1 fully saturated rings. The van der Waals surface area contributed by atoms with Crippen molar-refractivity contribution in [2.75, 3.05) is 20.2 Å². The summed E-state index contributed by atoms with van der Waals surface area (Å²) in [7, 11) is -4.83. The highest BCUT2D eigenvalue weighted by Crippen LogP contribution is 2.36. The molecule has 1 saturated heterocycles. The first kappa shape index (κ1) is 24.8. The molecule has 1 atom stereocenters. The lowest BCUT2D eigenvalue weighted by atomic mass is 9.91. The van der Waals surface area contributed by atoms with Gasteiger partial charge in [-0.3, -0.25) is 0 Å². The molecule has 0 saturated carbocycles. The highest BCUT2D eigenvalue weighted by atomic mass is 32.2. The molecule has 0 N–H and O–H groups in total. The maximum atomic E-state index is 12.7. The minimum Gasteiger partial charge on any atom is -0.465 e. The first-order valence-corrected chi connectivity index (χ1v) is 10.7. The monoisotopic (exact) mass is 467 g/mol. The zero-order chi connectivity index (χ0) is 23.8. The highest BCUT2D eigenvalue weighted by Gasteiger charge is 2.49. The zero-order valence-corrected chi connectivity index (χ0v) is 18.5. The van der Waals surface area contributed by atoms with Crippen molar-refractivity contribution >= 4 is 22.2 Å². The van der Waals surface area contributed by atoms with Gasteiger partial charge in [0.25, 0.3) is 0 Å². The summed E-state index contributed by atoms with van der Waals surface area (Å²) in [5, 5.41) is 0. The molecule has 0 aliphatic carbocycles. The number of alkyl halides is 3. The van der Waals surface area contributed by atoms with Gasteiger partial charge in [0, 0.05) is 19.0 Å². The van der Waals surface area contributed by atoms with Gasteiger partial charge in [0.15, 0.2) is 0 Å². The number of amides is 1. The van der Waals surface area contributed by atoms with Crippen molar-refractivity contribution in [2.24, 2.45) is 0 Å². The number of esters is 1. The lowest BCUT2D eigenvalue weighted by Gasteiger charge is -2.24. The number of likely N-dealkylation sites (tertiary alicyclic amines) is 1. The molecule has 1 unspecified atom stereocenters. The summed E-state index contributed by atoms with van der Waals surface area (Å²) in [5.74, 6) is -1.85. The number of hydrogen-bond donors (Lipinski definition) is 0. The molecule has 31 heavy (non-hydrogen) atoms. The molecule has 0 spiro atoms. The highest BCUT2D eigenvalue weighted by molar-refractivity contribution is 7.88. The molecule has 1 aromatic rings. The third-order valence-corrected chi connectivity index (χ3v) is 5.48. The predicted octanol–water partition coefficient (Wildman–Crippen LogP) is 3.73. The van der Waals surface area contributed by atoms with E-state index in [9.17, 15) is 31.2 Å². The average molecular weight is 467 g/mol. The van der Waals surface area contributed by atoms with Crippen LogP contribution < -0.4 is 4.18 Å². The van der Waals surface area contributed by atoms with Crippen molar-refractivity contribution < 1.29 is 44.8 Å². The van der Waals surface area contributed by atoms with E-state index in [0.29, 0.717) is 18.5 Å². The number of aryl methyl sites for hydroxylation is 1. The van der Waals surface area contributed by atoms with Crippen LogP contribution >= 0.6 is 0 Å². The van der Waals surface area contributed by atoms with E-state index in [1.165, 1.54) is 17.9 Å². The number of ether oxygens (including phenoxy) is 2. The Hall–Kier alpha value is -2.50. The normalized spacial score (nSPS) is 17.4. The standard InChI is InChI=1S/C19H24F3NO7S/c1-11-8-13(12-6-7-23(10-12)17(25)29-18(2,3)4)14(16(24)28-5)9-15(11)30-31(26,27)19(20,21)22/h8-9,12H,6-7,10H2,1-5H3. The summed E-state index contributed by atoms with van der Waals surface area (Å²) in [6, 6.07) is 2.28. The van der Waals surface area contributed by atoms with E-state index in [2.05, 4.69) is 4.18 Å². The van der Waals surface area contributed by atoms with Gasteiger partial charge in [-0.2, -0.15) is 21.6 Å². The van der Waals surface area contributed by atoms with Crippen molar-refractivity contribution in [3.63, 3.8) is 0 Å². The fourth-order valence-corrected chi connectivity index (χ4v) is 3.61. The smallest absolute Gasteiger partial charge is 0.465 e. The molecule has 8 nitrogen and oxygen atoms in total. The maximum Gasteiger partial charge on any atom is 0.534 e. The van der Waals surface area contributed by atoms with Crippen molar-refractivity contribution in [1.29, 1.82) is 0 Å². The lowest BCUT2D eigenvalue weighted by molar-refractivity contribution is -0.0500. The molecule has 1 aliphatic heterocycles. The Kier molecular flexibility index (Phi) is 6.84. The molecule has 2 rings (SSSR count). The van der Waals surface area contributed by atoms with Crippen LogP contribution in [0.2, 0.25) is 0 Å². The minimum atomic E-state index is -5.91. The number of benzene rings is 1. The molecular formula is C19H24F3NO7S. The van der Waals surface area contributed by atoms with Crippen molar-refractivity contribution in [2.45, 2.75) is 51.1 Å². The molecule has 12 heteroatoms. The Morgan fingerprint density at radius 3 is 2.29 bits per heavy atom. The van der Waals surface area contributed by atoms with Crippen LogP contribution in [0.1, 0.15) is 54.6 Å². The van der Waals surface area contributed by atoms with E-state index in [1.54, 1.807) is 20.8 Å². The number of halogens is 3. The second-order valence-electron chi connectivity index (χ2n) is 8.09. The molecule has 0 radical (unpaired) electrons. The van der Waals surface area contributed by atoms with Crippen LogP contribution in [0.4, 0.5) is 18.0 Å². The fourth-order valence-electron chi connectivity index (χ4n) is 3.10. The molecule has 174 valence electrons. The molecule has 1 aliphatic rings. The number of carbonyl (C=O) groups excluding carboxylic acids is 2. The van der Waals surface area contributed by atoms with E-state index in [0.717, 1.165) is 13.2 Å². The second-order valence-corrected chi connectivity index (χ2v) is 9.63. The summed E-state index contributed by atoms with van der Waals surface area (Å²) in [4.78, 5) is 26.0. The van der Waals surface area contributed by atoms with Crippen molar-refractivity contribution in [3.8, 4) is 5.75 Å². The van der Waals surface area contributed by atoms with E-state index < -0.39 is 39.0 Å². The minimum absolute atomic E-state index is 0.0752. The van der Waals surface area contributed by atoms with Gasteiger partial charge in [0.05, 0.1) is 12.7 Å². The van der Waals surface area contributed by atoms with Gasteiger partial charge in [-0.15, -0.1) is 0 Å². The van der Waals surface area contributed by atoms with Crippen LogP contribution in [-0.2, 0) is 19.6 Å². The van der Waals surface area contributed by atoms with E-state index in [4.69, 9.17) is 9.47 Å². The number of nitrogens with zero attached hydrogens (tertiary/aromatic N) is 1. The van der Waals surface area contributed by atoms with Crippen LogP contribution in [-0.4, -0.2) is 56.7 Å². The van der Waals surface area contributed by atoms with Gasteiger partial charge in [0.1, 0.15) is 11.4 Å². The quantitative estimate of drug-likeness (QED) is 0.378. The molecular weight excluding hydrogens is 443 g/mol. The zero-order valence-electron chi connectivity index (χ0n) is 17.7. The SMILES string of the molecule is COC(=O)c1cc(OS(=O)(=O)C(F)(F)F)c(C)cc1C1CCN(C(=O)OC(C)(C)C)C1. The van der Waals surface area contributed by atoms with Crippen LogP contribution in [0, 0.1) is 6.92 Å². The van der Waals surface area contributed by atoms with Crippen molar-refractivity contribution in [1.82, 2.24) is 4.90 Å². The third kappa shape index (κ3) is 5.81. The maximum absolute atomic E-state index is 12.7. The Labute approximate surface area is 178 Å². The fraction of sp³-hybridized carbons (Fsp3) is 0.579. The summed E-state index contributed by atoms with van der Waals surface area (Å²) in [5.41, 5.74) is -5.97. The predicted molar refractivity (Wildman–Crippen MR) is 103 cm³/mol. The van der Waals surface area contributed by atoms with Gasteiger partial charge >= 0.3 is 27.7 Å². The van der Waals surface area contributed by atoms with Crippen LogP contribution in [0.3, 0.4) is 0 Å². The summed E-state index contributed by atoms with van der Waals surface area (Å²) in [6.45, 7) is 7.09. The summed E-state index contributed by atoms with van der Waals surface area (Å²) < 4.78 is 75.1. The number of hydrogen-bond acceptors (Lipinski definition) is 7. The molecule has 1 aromatic carbocycles. The largest absolute Gasteiger partial charge is 0.534 e. The molecule has 0 bridgehead atoms. The Balaban J connectivity index is 2.38. The summed E-state index contributed by atoms with van der Waals surface area (Å²) in [6.07, 6.45) is -0.0634. The molecule has 0 aromatic heterocycles. The molecule has 1 amide bonds. The van der Waals surface area contributed by atoms with Gasteiger partial charge in [0.2, 0.25) is 0 Å². The average Bonchev–Trinajstić information content (AvgIpc) is 3.10. The lowest BCUT2D eigenvalue weighted by Crippen LogP contribution is -2.35. The van der Waals surface area contributed by atoms with Gasteiger partial charge in [-0.1, -0.05) is 6.07 Å². The number of rotatable bonds is 4. The Morgan fingerprint density at radius 1 is 1.16 bits per heavy atom. The summed E-state index contributed by atoms with van der Waals surface area (Å²) >= 11 is 0. The third-order valence-electron chi connectivity index (χ3n) is 4.52. The van der Waals surface area contributed by atoms with Gasteiger partial charge in [-0.25, -0.2) is 9.59 Å². The van der Waals surface area contributed by atoms with E-state index in [1.807, 2.05) is 0 Å². The van der Waals surface area contributed by atoms with Crippen LogP contribution in [0.25, 0.3) is 0 Å². The topological polar surface area (TPSA) is 99.2 Å².